The molecule has 0 saturated carbocycles. The molecule has 1 aromatic heterocycles. The summed E-state index contributed by atoms with van der Waals surface area (Å²) < 4.78 is 0. The van der Waals surface area contributed by atoms with Gasteiger partial charge in [0, 0.05) is 37.7 Å². The summed E-state index contributed by atoms with van der Waals surface area (Å²) in [7, 11) is 0. The lowest BCUT2D eigenvalue weighted by Gasteiger charge is -2.38. The van der Waals surface area contributed by atoms with E-state index in [4.69, 9.17) is 0 Å². The molecule has 0 bridgehead atoms. The minimum atomic E-state index is 0.201. The molecular formula is C11H13N3O. The number of rotatable bonds is 1. The van der Waals surface area contributed by atoms with Gasteiger partial charge in [-0.2, -0.15) is 0 Å². The summed E-state index contributed by atoms with van der Waals surface area (Å²) in [5.74, 6) is 0.226. The van der Waals surface area contributed by atoms with Crippen LogP contribution in [0, 0.1) is 5.41 Å². The molecule has 2 fully saturated rings. The van der Waals surface area contributed by atoms with Crippen molar-refractivity contribution in [3.63, 3.8) is 0 Å². The minimum absolute atomic E-state index is 0.201. The van der Waals surface area contributed by atoms with Crippen molar-refractivity contribution < 1.29 is 4.79 Å². The van der Waals surface area contributed by atoms with Gasteiger partial charge in [-0.15, -0.1) is 0 Å². The third-order valence-corrected chi connectivity index (χ3v) is 3.28. The average Bonchev–Trinajstić information content (AvgIpc) is 2.57. The fourth-order valence-corrected chi connectivity index (χ4v) is 2.36. The van der Waals surface area contributed by atoms with E-state index in [1.807, 2.05) is 17.0 Å². The molecule has 2 aliphatic heterocycles. The highest BCUT2D eigenvalue weighted by Crippen LogP contribution is 2.36. The molecule has 0 aliphatic carbocycles. The molecule has 1 amide bonds. The van der Waals surface area contributed by atoms with Crippen LogP contribution in [-0.2, 0) is 4.79 Å². The van der Waals surface area contributed by atoms with Gasteiger partial charge in [-0.05, 0) is 12.1 Å². The molecule has 15 heavy (non-hydrogen) atoms. The number of hydrogen-bond acceptors (Lipinski definition) is 3. The van der Waals surface area contributed by atoms with Crippen LogP contribution in [0.25, 0.3) is 0 Å². The maximum atomic E-state index is 11.9. The lowest BCUT2D eigenvalue weighted by molar-refractivity contribution is -0.118. The molecule has 3 rings (SSSR count). The van der Waals surface area contributed by atoms with Crippen LogP contribution in [0.5, 0.6) is 0 Å². The highest BCUT2D eigenvalue weighted by Gasteiger charge is 2.47. The second kappa shape index (κ2) is 3.03. The summed E-state index contributed by atoms with van der Waals surface area (Å²) in [5.41, 5.74) is 1.12. The first-order valence-electron chi connectivity index (χ1n) is 5.20. The van der Waals surface area contributed by atoms with Crippen molar-refractivity contribution >= 4 is 11.6 Å². The Kier molecular flexibility index (Phi) is 1.79. The van der Waals surface area contributed by atoms with Gasteiger partial charge >= 0.3 is 0 Å². The van der Waals surface area contributed by atoms with E-state index in [0.29, 0.717) is 6.42 Å². The van der Waals surface area contributed by atoms with Crippen LogP contribution in [0.2, 0.25) is 0 Å². The lowest BCUT2D eigenvalue weighted by atomic mass is 9.81. The number of amides is 1. The van der Waals surface area contributed by atoms with Crippen molar-refractivity contribution in [2.45, 2.75) is 6.42 Å². The fraction of sp³-hybridized carbons (Fsp3) is 0.455. The van der Waals surface area contributed by atoms with Crippen molar-refractivity contribution in [1.82, 2.24) is 10.3 Å². The van der Waals surface area contributed by atoms with Crippen molar-refractivity contribution in [1.29, 1.82) is 0 Å². The molecule has 2 saturated heterocycles. The topological polar surface area (TPSA) is 45.2 Å². The fourth-order valence-electron chi connectivity index (χ4n) is 2.36. The highest BCUT2D eigenvalue weighted by molar-refractivity contribution is 5.96. The second-order valence-corrected chi connectivity index (χ2v) is 4.47. The van der Waals surface area contributed by atoms with Gasteiger partial charge in [0.05, 0.1) is 11.9 Å². The van der Waals surface area contributed by atoms with Crippen molar-refractivity contribution in [2.75, 3.05) is 24.5 Å². The number of nitrogens with one attached hydrogen (secondary N) is 1. The van der Waals surface area contributed by atoms with Gasteiger partial charge in [-0.1, -0.05) is 0 Å². The van der Waals surface area contributed by atoms with Gasteiger partial charge in [-0.3, -0.25) is 9.78 Å². The van der Waals surface area contributed by atoms with E-state index in [1.54, 1.807) is 12.4 Å². The lowest BCUT2D eigenvalue weighted by Crippen LogP contribution is -2.54. The number of aromatic nitrogens is 1. The zero-order valence-electron chi connectivity index (χ0n) is 8.44. The number of anilines is 1. The minimum Gasteiger partial charge on any atom is -0.315 e. The van der Waals surface area contributed by atoms with Gasteiger partial charge in [0.15, 0.2) is 0 Å². The van der Waals surface area contributed by atoms with Crippen LogP contribution in [0.4, 0.5) is 5.69 Å². The first-order chi connectivity index (χ1) is 7.29. The smallest absolute Gasteiger partial charge is 0.227 e. The first-order valence-corrected chi connectivity index (χ1v) is 5.20. The van der Waals surface area contributed by atoms with Gasteiger partial charge in [-0.25, -0.2) is 0 Å². The molecule has 2 aliphatic rings. The average molecular weight is 203 g/mol. The molecule has 1 spiro atoms. The molecule has 0 atom stereocenters. The van der Waals surface area contributed by atoms with Crippen molar-refractivity contribution in [3.8, 4) is 0 Å². The number of hydrogen-bond donors (Lipinski definition) is 1. The molecule has 0 aromatic carbocycles. The predicted molar refractivity (Wildman–Crippen MR) is 56.5 cm³/mol. The SMILES string of the molecule is O=C1CC2(CNC2)CN1c1cccnc1. The van der Waals surface area contributed by atoms with Crippen LogP contribution < -0.4 is 10.2 Å². The summed E-state index contributed by atoms with van der Waals surface area (Å²) in [5, 5.41) is 3.24. The van der Waals surface area contributed by atoms with Crippen molar-refractivity contribution in [2.24, 2.45) is 5.41 Å². The maximum absolute atomic E-state index is 11.9. The number of carbonyl (C=O) groups is 1. The first kappa shape index (κ1) is 8.85. The van der Waals surface area contributed by atoms with Crippen molar-refractivity contribution in [3.05, 3.63) is 24.5 Å². The van der Waals surface area contributed by atoms with Gasteiger partial charge in [0.1, 0.15) is 0 Å². The maximum Gasteiger partial charge on any atom is 0.227 e. The van der Waals surface area contributed by atoms with E-state index in [9.17, 15) is 4.79 Å². The molecule has 3 heterocycles. The highest BCUT2D eigenvalue weighted by atomic mass is 16.2. The van der Waals surface area contributed by atoms with Crippen LogP contribution in [0.3, 0.4) is 0 Å². The van der Waals surface area contributed by atoms with Gasteiger partial charge < -0.3 is 10.2 Å². The molecule has 78 valence electrons. The normalized spacial score (nSPS) is 23.2. The van der Waals surface area contributed by atoms with E-state index in [-0.39, 0.29) is 11.3 Å². The molecule has 0 unspecified atom stereocenters. The molecule has 0 radical (unpaired) electrons. The largest absolute Gasteiger partial charge is 0.315 e. The van der Waals surface area contributed by atoms with Crippen LogP contribution >= 0.6 is 0 Å². The Morgan fingerprint density at radius 3 is 2.87 bits per heavy atom. The van der Waals surface area contributed by atoms with Crippen LogP contribution in [0.1, 0.15) is 6.42 Å². The Hall–Kier alpha value is -1.42. The van der Waals surface area contributed by atoms with E-state index in [1.165, 1.54) is 0 Å². The molecule has 1 aromatic rings. The van der Waals surface area contributed by atoms with Crippen LogP contribution in [-0.4, -0.2) is 30.5 Å². The zero-order chi connectivity index (χ0) is 10.3. The van der Waals surface area contributed by atoms with E-state index >= 15 is 0 Å². The summed E-state index contributed by atoms with van der Waals surface area (Å²) in [4.78, 5) is 17.8. The Balaban J connectivity index is 1.86. The standard InChI is InChI=1S/C11H13N3O/c15-10-4-11(6-13-7-11)8-14(10)9-2-1-3-12-5-9/h1-3,5,13H,4,6-8H2. The summed E-state index contributed by atoms with van der Waals surface area (Å²) in [6, 6.07) is 3.81. The van der Waals surface area contributed by atoms with E-state index in [0.717, 1.165) is 25.3 Å². The molecule has 4 heteroatoms. The third-order valence-electron chi connectivity index (χ3n) is 3.28. The third kappa shape index (κ3) is 1.33. The molecule has 1 N–H and O–H groups in total. The Morgan fingerprint density at radius 1 is 1.47 bits per heavy atom. The van der Waals surface area contributed by atoms with Crippen LogP contribution in [0.15, 0.2) is 24.5 Å². The Bertz CT molecular complexity index is 386. The monoisotopic (exact) mass is 203 g/mol. The number of pyridine rings is 1. The second-order valence-electron chi connectivity index (χ2n) is 4.47. The Labute approximate surface area is 88.3 Å². The molecule has 4 nitrogen and oxygen atoms in total. The van der Waals surface area contributed by atoms with Gasteiger partial charge in [0.25, 0.3) is 0 Å². The van der Waals surface area contributed by atoms with E-state index < -0.39 is 0 Å². The summed E-state index contributed by atoms with van der Waals surface area (Å²) in [6.07, 6.45) is 4.16. The Morgan fingerprint density at radius 2 is 2.33 bits per heavy atom. The summed E-state index contributed by atoms with van der Waals surface area (Å²) in [6.45, 7) is 2.77. The van der Waals surface area contributed by atoms with Gasteiger partial charge in [0.2, 0.25) is 5.91 Å². The summed E-state index contributed by atoms with van der Waals surface area (Å²) >= 11 is 0. The van der Waals surface area contributed by atoms with E-state index in [2.05, 4.69) is 10.3 Å². The quantitative estimate of drug-likeness (QED) is 0.719. The number of nitrogens with zero attached hydrogens (tertiary/aromatic N) is 2. The number of carbonyl (C=O) groups excluding carboxylic acids is 1. The predicted octanol–water partition coefficient (Wildman–Crippen LogP) is 0.408. The zero-order valence-corrected chi connectivity index (χ0v) is 8.44. The molecular weight excluding hydrogens is 190 g/mol.